The Labute approximate surface area is 151 Å². The molecule has 6 heteroatoms. The van der Waals surface area contributed by atoms with Gasteiger partial charge in [0.25, 0.3) is 5.91 Å². The summed E-state index contributed by atoms with van der Waals surface area (Å²) in [6, 6.07) is 14.5. The second kappa shape index (κ2) is 8.71. The first kappa shape index (κ1) is 18.3. The van der Waals surface area contributed by atoms with Crippen LogP contribution in [0.2, 0.25) is 10.0 Å². The van der Waals surface area contributed by atoms with Crippen molar-refractivity contribution in [3.8, 4) is 0 Å². The molecule has 0 aliphatic heterocycles. The Hall–Kier alpha value is -2.04. The molecule has 2 aromatic rings. The lowest BCUT2D eigenvalue weighted by Gasteiger charge is -2.13. The summed E-state index contributed by atoms with van der Waals surface area (Å²) in [5, 5.41) is 6.04. The van der Waals surface area contributed by atoms with Crippen molar-refractivity contribution in [2.24, 2.45) is 0 Å². The third-order valence-corrected chi connectivity index (χ3v) is 4.11. The number of halogens is 2. The van der Waals surface area contributed by atoms with Crippen LogP contribution >= 0.6 is 23.2 Å². The van der Waals surface area contributed by atoms with Crippen molar-refractivity contribution < 1.29 is 9.59 Å². The molecule has 2 N–H and O–H groups in total. The number of nitrogens with one attached hydrogen (secondary N) is 2. The first-order chi connectivity index (χ1) is 11.5. The van der Waals surface area contributed by atoms with Crippen molar-refractivity contribution in [2.75, 3.05) is 13.1 Å². The van der Waals surface area contributed by atoms with Crippen LogP contribution in [0.4, 0.5) is 0 Å². The molecule has 4 nitrogen and oxygen atoms in total. The Morgan fingerprint density at radius 3 is 2.42 bits per heavy atom. The fraction of sp³-hybridized carbons (Fsp3) is 0.222. The summed E-state index contributed by atoms with van der Waals surface area (Å²) < 4.78 is 0. The summed E-state index contributed by atoms with van der Waals surface area (Å²) >= 11 is 11.8. The Morgan fingerprint density at radius 2 is 1.75 bits per heavy atom. The third kappa shape index (κ3) is 5.25. The predicted molar refractivity (Wildman–Crippen MR) is 96.7 cm³/mol. The number of hydrogen-bond donors (Lipinski definition) is 2. The first-order valence-corrected chi connectivity index (χ1v) is 8.28. The van der Waals surface area contributed by atoms with Gasteiger partial charge in [0.1, 0.15) is 0 Å². The van der Waals surface area contributed by atoms with Crippen molar-refractivity contribution in [1.82, 2.24) is 10.6 Å². The molecule has 0 aliphatic carbocycles. The minimum Gasteiger partial charge on any atom is -0.354 e. The summed E-state index contributed by atoms with van der Waals surface area (Å²) in [4.78, 5) is 23.9. The smallest absolute Gasteiger partial charge is 0.253 e. The Balaban J connectivity index is 1.79. The van der Waals surface area contributed by atoms with Crippen LogP contribution in [0.1, 0.15) is 28.8 Å². The van der Waals surface area contributed by atoms with Crippen LogP contribution in [0, 0.1) is 0 Å². The van der Waals surface area contributed by atoms with Gasteiger partial charge in [0.15, 0.2) is 0 Å². The lowest BCUT2D eigenvalue weighted by molar-refractivity contribution is -0.120. The van der Waals surface area contributed by atoms with Gasteiger partial charge in [-0.15, -0.1) is 0 Å². The van der Waals surface area contributed by atoms with Crippen molar-refractivity contribution in [3.63, 3.8) is 0 Å². The number of amides is 2. The summed E-state index contributed by atoms with van der Waals surface area (Å²) in [7, 11) is 0. The zero-order valence-electron chi connectivity index (χ0n) is 13.2. The van der Waals surface area contributed by atoms with E-state index in [-0.39, 0.29) is 29.0 Å². The maximum absolute atomic E-state index is 12.0. The summed E-state index contributed by atoms with van der Waals surface area (Å²) in [5.41, 5.74) is 1.43. The average molecular weight is 365 g/mol. The molecule has 0 unspecified atom stereocenters. The quantitative estimate of drug-likeness (QED) is 0.821. The molecule has 1 atom stereocenters. The van der Waals surface area contributed by atoms with Crippen LogP contribution in [0.3, 0.4) is 0 Å². The van der Waals surface area contributed by atoms with Gasteiger partial charge in [-0.05, 0) is 29.7 Å². The van der Waals surface area contributed by atoms with E-state index in [1.54, 1.807) is 6.07 Å². The molecular weight excluding hydrogens is 347 g/mol. The Bertz CT molecular complexity index is 720. The summed E-state index contributed by atoms with van der Waals surface area (Å²) in [6.07, 6.45) is 0. The molecule has 2 amide bonds. The van der Waals surface area contributed by atoms with Crippen molar-refractivity contribution >= 4 is 35.0 Å². The van der Waals surface area contributed by atoms with Gasteiger partial charge >= 0.3 is 0 Å². The van der Waals surface area contributed by atoms with Gasteiger partial charge < -0.3 is 10.6 Å². The first-order valence-electron chi connectivity index (χ1n) is 7.52. The van der Waals surface area contributed by atoms with Gasteiger partial charge in [0, 0.05) is 11.6 Å². The van der Waals surface area contributed by atoms with E-state index in [1.807, 2.05) is 37.3 Å². The molecule has 0 saturated carbocycles. The van der Waals surface area contributed by atoms with E-state index < -0.39 is 5.91 Å². The summed E-state index contributed by atoms with van der Waals surface area (Å²) in [6.45, 7) is 2.42. The maximum atomic E-state index is 12.0. The topological polar surface area (TPSA) is 58.2 Å². The number of rotatable bonds is 6. The van der Waals surface area contributed by atoms with Gasteiger partial charge in [-0.3, -0.25) is 9.59 Å². The summed E-state index contributed by atoms with van der Waals surface area (Å²) in [5.74, 6) is -0.476. The van der Waals surface area contributed by atoms with E-state index in [2.05, 4.69) is 10.6 Å². The molecule has 0 fully saturated rings. The molecule has 0 spiro atoms. The Morgan fingerprint density at radius 1 is 1.04 bits per heavy atom. The van der Waals surface area contributed by atoms with E-state index in [1.165, 1.54) is 12.1 Å². The highest BCUT2D eigenvalue weighted by Crippen LogP contribution is 2.20. The van der Waals surface area contributed by atoms with Crippen molar-refractivity contribution in [1.29, 1.82) is 0 Å². The van der Waals surface area contributed by atoms with Crippen LogP contribution in [0.15, 0.2) is 48.5 Å². The zero-order chi connectivity index (χ0) is 17.5. The van der Waals surface area contributed by atoms with Crippen LogP contribution in [0.5, 0.6) is 0 Å². The fourth-order valence-electron chi connectivity index (χ4n) is 2.16. The fourth-order valence-corrected chi connectivity index (χ4v) is 2.65. The lowest BCUT2D eigenvalue weighted by Crippen LogP contribution is -2.38. The zero-order valence-corrected chi connectivity index (χ0v) is 14.7. The molecule has 0 aromatic heterocycles. The molecule has 0 bridgehead atoms. The monoisotopic (exact) mass is 364 g/mol. The van der Waals surface area contributed by atoms with Crippen LogP contribution in [-0.4, -0.2) is 24.9 Å². The van der Waals surface area contributed by atoms with E-state index >= 15 is 0 Å². The SMILES string of the molecule is C[C@@H](CNC(=O)CNC(=O)c1ccc(Cl)cc1Cl)c1ccccc1. The van der Waals surface area contributed by atoms with Gasteiger partial charge in [-0.2, -0.15) is 0 Å². The standard InChI is InChI=1S/C18H18Cl2N2O2/c1-12(13-5-3-2-4-6-13)10-21-17(23)11-22-18(24)15-8-7-14(19)9-16(15)20/h2-9,12H,10-11H2,1H3,(H,21,23)(H,22,24)/t12-/m0/s1. The van der Waals surface area contributed by atoms with Gasteiger partial charge in [-0.25, -0.2) is 0 Å². The van der Waals surface area contributed by atoms with E-state index in [9.17, 15) is 9.59 Å². The van der Waals surface area contributed by atoms with E-state index in [0.717, 1.165) is 5.56 Å². The molecule has 2 aromatic carbocycles. The second-order valence-electron chi connectivity index (χ2n) is 5.42. The van der Waals surface area contributed by atoms with Crippen molar-refractivity contribution in [2.45, 2.75) is 12.8 Å². The molecule has 0 aliphatic rings. The molecule has 0 heterocycles. The van der Waals surface area contributed by atoms with E-state index in [0.29, 0.717) is 11.6 Å². The predicted octanol–water partition coefficient (Wildman–Crippen LogP) is 3.64. The van der Waals surface area contributed by atoms with Crippen molar-refractivity contribution in [3.05, 3.63) is 69.7 Å². The molecular formula is C18H18Cl2N2O2. The number of carbonyl (C=O) groups is 2. The molecule has 0 saturated heterocycles. The minimum atomic E-state index is -0.414. The van der Waals surface area contributed by atoms with Gasteiger partial charge in [0.05, 0.1) is 17.1 Å². The van der Waals surface area contributed by atoms with Crippen LogP contribution < -0.4 is 10.6 Å². The average Bonchev–Trinajstić information content (AvgIpc) is 2.58. The second-order valence-corrected chi connectivity index (χ2v) is 6.27. The van der Waals surface area contributed by atoms with Crippen LogP contribution in [-0.2, 0) is 4.79 Å². The Kier molecular flexibility index (Phi) is 6.64. The molecule has 24 heavy (non-hydrogen) atoms. The minimum absolute atomic E-state index is 0.112. The maximum Gasteiger partial charge on any atom is 0.253 e. The highest BCUT2D eigenvalue weighted by Gasteiger charge is 2.12. The highest BCUT2D eigenvalue weighted by atomic mass is 35.5. The largest absolute Gasteiger partial charge is 0.354 e. The number of hydrogen-bond acceptors (Lipinski definition) is 2. The van der Waals surface area contributed by atoms with E-state index in [4.69, 9.17) is 23.2 Å². The van der Waals surface area contributed by atoms with Crippen LogP contribution in [0.25, 0.3) is 0 Å². The molecule has 0 radical (unpaired) electrons. The number of carbonyl (C=O) groups excluding carboxylic acids is 2. The third-order valence-electron chi connectivity index (χ3n) is 3.56. The molecule has 2 rings (SSSR count). The normalized spacial score (nSPS) is 11.6. The van der Waals surface area contributed by atoms with Gasteiger partial charge in [-0.1, -0.05) is 60.5 Å². The lowest BCUT2D eigenvalue weighted by atomic mass is 10.0. The highest BCUT2D eigenvalue weighted by molar-refractivity contribution is 6.36. The molecule has 126 valence electrons. The number of benzene rings is 2. The van der Waals surface area contributed by atoms with Gasteiger partial charge in [0.2, 0.25) is 5.91 Å².